The van der Waals surface area contributed by atoms with E-state index in [-0.39, 0.29) is 17.1 Å². The number of carbonyl (C=O) groups is 2. The molecule has 1 heterocycles. The Morgan fingerprint density at radius 3 is 2.00 bits per heavy atom. The minimum Gasteiger partial charge on any atom is -0.320 e. The molecule has 136 valence electrons. The molecule has 0 fully saturated rings. The summed E-state index contributed by atoms with van der Waals surface area (Å²) in [6.45, 7) is 2.00. The minimum atomic E-state index is -0.594. The van der Waals surface area contributed by atoms with Crippen molar-refractivity contribution in [3.8, 4) is 0 Å². The molecule has 0 aliphatic heterocycles. The summed E-state index contributed by atoms with van der Waals surface area (Å²) in [5.74, 6) is -1.56. The van der Waals surface area contributed by atoms with Crippen molar-refractivity contribution in [3.05, 3.63) is 89.5 Å². The average molecular weight is 363 g/mol. The summed E-state index contributed by atoms with van der Waals surface area (Å²) in [4.78, 5) is 28.9. The molecule has 27 heavy (non-hydrogen) atoms. The van der Waals surface area contributed by atoms with Crippen LogP contribution in [0.4, 0.5) is 15.8 Å². The van der Waals surface area contributed by atoms with Crippen LogP contribution < -0.4 is 10.6 Å². The lowest BCUT2D eigenvalue weighted by Gasteiger charge is -2.10. The molecule has 0 aliphatic carbocycles. The number of nitrogens with one attached hydrogen (secondary N) is 2. The van der Waals surface area contributed by atoms with Crippen LogP contribution >= 0.6 is 0 Å². The van der Waals surface area contributed by atoms with E-state index in [2.05, 4.69) is 15.6 Å². The van der Waals surface area contributed by atoms with E-state index in [9.17, 15) is 14.0 Å². The predicted octanol–water partition coefficient (Wildman–Crippen LogP) is 4.29. The largest absolute Gasteiger partial charge is 0.320 e. The van der Waals surface area contributed by atoms with E-state index in [0.717, 1.165) is 12.0 Å². The van der Waals surface area contributed by atoms with E-state index < -0.39 is 17.6 Å². The van der Waals surface area contributed by atoms with E-state index in [1.165, 1.54) is 30.3 Å². The fourth-order valence-electron chi connectivity index (χ4n) is 2.57. The highest BCUT2D eigenvalue weighted by atomic mass is 19.1. The second-order valence-corrected chi connectivity index (χ2v) is 5.81. The van der Waals surface area contributed by atoms with E-state index in [0.29, 0.717) is 5.69 Å². The first-order valence-electron chi connectivity index (χ1n) is 8.50. The monoisotopic (exact) mass is 363 g/mol. The van der Waals surface area contributed by atoms with Gasteiger partial charge in [0.2, 0.25) is 0 Å². The van der Waals surface area contributed by atoms with Gasteiger partial charge in [-0.15, -0.1) is 0 Å². The lowest BCUT2D eigenvalue weighted by Crippen LogP contribution is -2.19. The van der Waals surface area contributed by atoms with Gasteiger partial charge < -0.3 is 10.6 Å². The Labute approximate surface area is 156 Å². The van der Waals surface area contributed by atoms with Crippen LogP contribution in [0, 0.1) is 5.82 Å². The third kappa shape index (κ3) is 4.36. The zero-order valence-electron chi connectivity index (χ0n) is 14.7. The highest BCUT2D eigenvalue weighted by molar-refractivity contribution is 6.06. The van der Waals surface area contributed by atoms with Crippen molar-refractivity contribution < 1.29 is 14.0 Å². The number of nitrogens with zero attached hydrogens (tertiary/aromatic N) is 1. The number of pyridine rings is 1. The summed E-state index contributed by atoms with van der Waals surface area (Å²) >= 11 is 0. The molecule has 0 spiro atoms. The third-order valence-corrected chi connectivity index (χ3v) is 3.98. The van der Waals surface area contributed by atoms with Gasteiger partial charge in [0.1, 0.15) is 17.2 Å². The maximum absolute atomic E-state index is 13.7. The highest BCUT2D eigenvalue weighted by Gasteiger charge is 2.14. The molecule has 0 radical (unpaired) electrons. The highest BCUT2D eigenvalue weighted by Crippen LogP contribution is 2.17. The molecule has 0 saturated heterocycles. The Balaban J connectivity index is 1.77. The van der Waals surface area contributed by atoms with Gasteiger partial charge in [0.25, 0.3) is 11.8 Å². The molecule has 5 nitrogen and oxygen atoms in total. The van der Waals surface area contributed by atoms with E-state index in [4.69, 9.17) is 0 Å². The molecule has 1 aromatic heterocycles. The van der Waals surface area contributed by atoms with Crippen LogP contribution in [0.3, 0.4) is 0 Å². The first-order chi connectivity index (χ1) is 13.1. The zero-order valence-corrected chi connectivity index (χ0v) is 14.7. The topological polar surface area (TPSA) is 71.1 Å². The van der Waals surface area contributed by atoms with Crippen LogP contribution in [-0.2, 0) is 6.42 Å². The van der Waals surface area contributed by atoms with Crippen molar-refractivity contribution in [1.82, 2.24) is 4.98 Å². The summed E-state index contributed by atoms with van der Waals surface area (Å²) < 4.78 is 13.7. The summed E-state index contributed by atoms with van der Waals surface area (Å²) in [6.07, 6.45) is 0.773. The number of aryl methyl sites for hydroxylation is 1. The fraction of sp³-hybridized carbons (Fsp3) is 0.0952. The number of amides is 2. The number of hydrogen-bond donors (Lipinski definition) is 2. The average Bonchev–Trinajstić information content (AvgIpc) is 2.70. The minimum absolute atomic E-state index is 0.0229. The van der Waals surface area contributed by atoms with E-state index >= 15 is 0 Å². The number of anilines is 2. The van der Waals surface area contributed by atoms with Gasteiger partial charge >= 0.3 is 0 Å². The predicted molar refractivity (Wildman–Crippen MR) is 102 cm³/mol. The summed E-state index contributed by atoms with van der Waals surface area (Å²) in [5, 5.41) is 5.26. The molecule has 2 aromatic carbocycles. The number of halogens is 1. The van der Waals surface area contributed by atoms with Gasteiger partial charge in [-0.1, -0.05) is 43.3 Å². The van der Waals surface area contributed by atoms with Crippen molar-refractivity contribution in [2.45, 2.75) is 13.3 Å². The zero-order chi connectivity index (χ0) is 19.2. The summed E-state index contributed by atoms with van der Waals surface area (Å²) in [7, 11) is 0. The Kier molecular flexibility index (Phi) is 5.56. The van der Waals surface area contributed by atoms with Gasteiger partial charge in [-0.05, 0) is 42.3 Å². The Morgan fingerprint density at radius 1 is 0.815 bits per heavy atom. The number of aromatic nitrogens is 1. The SMILES string of the molecule is CCc1ccccc1NC(=O)c1cccc(C(=O)Nc2ccccc2F)n1. The van der Waals surface area contributed by atoms with Crippen LogP contribution in [0.1, 0.15) is 33.5 Å². The second kappa shape index (κ2) is 8.23. The smallest absolute Gasteiger partial charge is 0.274 e. The molecule has 3 aromatic rings. The third-order valence-electron chi connectivity index (χ3n) is 3.98. The molecule has 6 heteroatoms. The van der Waals surface area contributed by atoms with Crippen LogP contribution in [-0.4, -0.2) is 16.8 Å². The normalized spacial score (nSPS) is 10.3. The maximum Gasteiger partial charge on any atom is 0.274 e. The van der Waals surface area contributed by atoms with Crippen LogP contribution in [0.5, 0.6) is 0 Å². The molecule has 0 unspecified atom stereocenters. The number of carbonyl (C=O) groups excluding carboxylic acids is 2. The lowest BCUT2D eigenvalue weighted by atomic mass is 10.1. The van der Waals surface area contributed by atoms with Crippen molar-refractivity contribution in [2.24, 2.45) is 0 Å². The Bertz CT molecular complexity index is 988. The van der Waals surface area contributed by atoms with E-state index in [1.807, 2.05) is 31.2 Å². The summed E-state index contributed by atoms with van der Waals surface area (Å²) in [5.41, 5.74) is 1.88. The van der Waals surface area contributed by atoms with Crippen LogP contribution in [0.2, 0.25) is 0 Å². The van der Waals surface area contributed by atoms with Gasteiger partial charge in [-0.25, -0.2) is 9.37 Å². The lowest BCUT2D eigenvalue weighted by molar-refractivity contribution is 0.101. The molecule has 2 N–H and O–H groups in total. The van der Waals surface area contributed by atoms with Gasteiger partial charge in [0, 0.05) is 5.69 Å². The Hall–Kier alpha value is -3.54. The molecule has 0 saturated carbocycles. The second-order valence-electron chi connectivity index (χ2n) is 5.81. The van der Waals surface area contributed by atoms with Gasteiger partial charge in [0.05, 0.1) is 5.69 Å². The van der Waals surface area contributed by atoms with Crippen molar-refractivity contribution in [2.75, 3.05) is 10.6 Å². The van der Waals surface area contributed by atoms with E-state index in [1.54, 1.807) is 12.1 Å². The first kappa shape index (κ1) is 18.3. The first-order valence-corrected chi connectivity index (χ1v) is 8.50. The fourth-order valence-corrected chi connectivity index (χ4v) is 2.57. The van der Waals surface area contributed by atoms with Gasteiger partial charge in [0.15, 0.2) is 0 Å². The van der Waals surface area contributed by atoms with Gasteiger partial charge in [-0.3, -0.25) is 9.59 Å². The maximum atomic E-state index is 13.7. The number of hydrogen-bond acceptors (Lipinski definition) is 3. The van der Waals surface area contributed by atoms with Crippen molar-refractivity contribution >= 4 is 23.2 Å². The van der Waals surface area contributed by atoms with Crippen LogP contribution in [0.25, 0.3) is 0 Å². The standard InChI is InChI=1S/C21H18FN3O2/c1-2-14-8-3-5-10-16(14)24-20(26)18-12-7-13-19(23-18)21(27)25-17-11-6-4-9-15(17)22/h3-13H,2H2,1H3,(H,24,26)(H,25,27). The quantitative estimate of drug-likeness (QED) is 0.710. The number of benzene rings is 2. The van der Waals surface area contributed by atoms with Crippen molar-refractivity contribution in [3.63, 3.8) is 0 Å². The molecule has 0 bridgehead atoms. The number of para-hydroxylation sites is 2. The molecular formula is C21H18FN3O2. The van der Waals surface area contributed by atoms with Gasteiger partial charge in [-0.2, -0.15) is 0 Å². The molecule has 2 amide bonds. The summed E-state index contributed by atoms with van der Waals surface area (Å²) in [6, 6.07) is 17.9. The molecular weight excluding hydrogens is 345 g/mol. The molecule has 3 rings (SSSR count). The Morgan fingerprint density at radius 2 is 1.37 bits per heavy atom. The van der Waals surface area contributed by atoms with Crippen LogP contribution in [0.15, 0.2) is 66.7 Å². The van der Waals surface area contributed by atoms with Crippen molar-refractivity contribution in [1.29, 1.82) is 0 Å². The molecule has 0 atom stereocenters. The number of rotatable bonds is 5. The molecule has 0 aliphatic rings.